The summed E-state index contributed by atoms with van der Waals surface area (Å²) in [6.45, 7) is 1.28. The Labute approximate surface area is 169 Å². The Bertz CT molecular complexity index is 1180. The maximum atomic E-state index is 14.8. The molecule has 30 heavy (non-hydrogen) atoms. The summed E-state index contributed by atoms with van der Waals surface area (Å²) in [4.78, 5) is 11.6. The minimum atomic E-state index is -4.54. The third-order valence-corrected chi connectivity index (χ3v) is 6.24. The number of amides is 1. The van der Waals surface area contributed by atoms with E-state index in [-0.39, 0.29) is 11.3 Å². The lowest BCUT2D eigenvalue weighted by molar-refractivity contribution is -0.121. The van der Waals surface area contributed by atoms with E-state index in [1.54, 1.807) is 6.07 Å². The molecule has 160 valence electrons. The summed E-state index contributed by atoms with van der Waals surface area (Å²) < 4.78 is 82.5. The summed E-state index contributed by atoms with van der Waals surface area (Å²) in [6, 6.07) is 4.70. The zero-order chi connectivity index (χ0) is 22.5. The van der Waals surface area contributed by atoms with Crippen LogP contribution in [-0.2, 0) is 17.1 Å². The van der Waals surface area contributed by atoms with E-state index < -0.39 is 62.5 Å². The predicted molar refractivity (Wildman–Crippen MR) is 97.3 cm³/mol. The highest BCUT2D eigenvalue weighted by Gasteiger charge is 2.55. The van der Waals surface area contributed by atoms with Crippen molar-refractivity contribution in [2.75, 3.05) is 5.32 Å². The average Bonchev–Trinajstić information content (AvgIpc) is 2.89. The largest absolute Gasteiger partial charge is 0.343 e. The van der Waals surface area contributed by atoms with Gasteiger partial charge in [-0.05, 0) is 25.1 Å². The molecule has 0 atom stereocenters. The molecule has 0 bridgehead atoms. The number of nitriles is 1. The SMILES string of the molecule is Cn1cc(S(=O)(=O)NC2(C)CC(F)(F)C2)c(F)c1C(=O)Nc1ccc(F)c(C#N)c1. The van der Waals surface area contributed by atoms with Crippen molar-refractivity contribution in [3.05, 3.63) is 47.3 Å². The number of aromatic nitrogens is 1. The van der Waals surface area contributed by atoms with Gasteiger partial charge in [-0.1, -0.05) is 0 Å². The van der Waals surface area contributed by atoms with Crippen molar-refractivity contribution in [2.24, 2.45) is 7.05 Å². The lowest BCUT2D eigenvalue weighted by atomic mass is 9.76. The first-order chi connectivity index (χ1) is 13.8. The van der Waals surface area contributed by atoms with Gasteiger partial charge in [-0.15, -0.1) is 0 Å². The highest BCUT2D eigenvalue weighted by Crippen LogP contribution is 2.46. The standard InChI is InChI=1S/C18H16F4N4O3S/c1-17(8-18(21,22)9-17)25-30(28,29)13-7-26(2)15(14(13)20)16(27)24-11-3-4-12(19)10(5-11)6-23/h3-5,7,25H,8-9H2,1-2H3,(H,24,27). The number of sulfonamides is 1. The van der Waals surface area contributed by atoms with E-state index in [1.165, 1.54) is 14.0 Å². The van der Waals surface area contributed by atoms with Gasteiger partial charge in [0, 0.05) is 37.3 Å². The molecule has 2 N–H and O–H groups in total. The van der Waals surface area contributed by atoms with Crippen LogP contribution in [0.4, 0.5) is 23.2 Å². The number of halogens is 4. The molecule has 12 heteroatoms. The van der Waals surface area contributed by atoms with Gasteiger partial charge in [0.2, 0.25) is 10.0 Å². The van der Waals surface area contributed by atoms with E-state index in [4.69, 9.17) is 5.26 Å². The van der Waals surface area contributed by atoms with E-state index in [0.717, 1.165) is 29.0 Å². The third-order valence-electron chi connectivity index (χ3n) is 4.62. The van der Waals surface area contributed by atoms with Crippen LogP contribution in [0.25, 0.3) is 0 Å². The topological polar surface area (TPSA) is 104 Å². The number of hydrogen-bond donors (Lipinski definition) is 2. The number of nitrogens with one attached hydrogen (secondary N) is 2. The molecule has 1 aliphatic rings. The summed E-state index contributed by atoms with van der Waals surface area (Å²) in [5.41, 5.74) is -2.44. The molecule has 3 rings (SSSR count). The Morgan fingerprint density at radius 3 is 2.47 bits per heavy atom. The lowest BCUT2D eigenvalue weighted by Gasteiger charge is -2.44. The second kappa shape index (κ2) is 7.10. The molecule has 1 aromatic heterocycles. The molecular weight excluding hydrogens is 428 g/mol. The monoisotopic (exact) mass is 444 g/mol. The molecule has 0 unspecified atom stereocenters. The summed E-state index contributed by atoms with van der Waals surface area (Å²) in [5.74, 6) is -6.24. The van der Waals surface area contributed by atoms with Crippen molar-refractivity contribution >= 4 is 21.6 Å². The van der Waals surface area contributed by atoms with Gasteiger partial charge >= 0.3 is 0 Å². The van der Waals surface area contributed by atoms with Gasteiger partial charge in [-0.3, -0.25) is 4.79 Å². The Morgan fingerprint density at radius 2 is 1.90 bits per heavy atom. The third kappa shape index (κ3) is 4.03. The maximum Gasteiger partial charge on any atom is 0.275 e. The Balaban J connectivity index is 1.87. The summed E-state index contributed by atoms with van der Waals surface area (Å²) in [6.07, 6.45) is -0.613. The maximum absolute atomic E-state index is 14.8. The van der Waals surface area contributed by atoms with Crippen molar-refractivity contribution < 1.29 is 30.8 Å². The quantitative estimate of drug-likeness (QED) is 0.692. The number of alkyl halides is 2. The summed E-state index contributed by atoms with van der Waals surface area (Å²) in [7, 11) is -3.31. The van der Waals surface area contributed by atoms with Gasteiger partial charge in [0.25, 0.3) is 11.8 Å². The zero-order valence-electron chi connectivity index (χ0n) is 15.8. The fourth-order valence-corrected chi connectivity index (χ4v) is 4.97. The van der Waals surface area contributed by atoms with Crippen molar-refractivity contribution in [2.45, 2.75) is 36.1 Å². The van der Waals surface area contributed by atoms with E-state index >= 15 is 0 Å². The van der Waals surface area contributed by atoms with Crippen molar-refractivity contribution in [3.8, 4) is 6.07 Å². The molecular formula is C18H16F4N4O3S. The van der Waals surface area contributed by atoms with Crippen LogP contribution in [0.2, 0.25) is 0 Å². The molecule has 1 aliphatic carbocycles. The normalized spacial score (nSPS) is 17.1. The van der Waals surface area contributed by atoms with Crippen molar-refractivity contribution in [3.63, 3.8) is 0 Å². The van der Waals surface area contributed by atoms with E-state index in [1.807, 2.05) is 0 Å². The molecule has 2 aromatic rings. The molecule has 7 nitrogen and oxygen atoms in total. The molecule has 0 spiro atoms. The van der Waals surface area contributed by atoms with Crippen LogP contribution in [-0.4, -0.2) is 30.4 Å². The molecule has 1 aromatic carbocycles. The number of anilines is 1. The van der Waals surface area contributed by atoms with E-state index in [2.05, 4.69) is 10.0 Å². The summed E-state index contributed by atoms with van der Waals surface area (Å²) in [5, 5.41) is 11.1. The minimum Gasteiger partial charge on any atom is -0.343 e. The molecule has 0 aliphatic heterocycles. The lowest BCUT2D eigenvalue weighted by Crippen LogP contribution is -2.60. The summed E-state index contributed by atoms with van der Waals surface area (Å²) >= 11 is 0. The van der Waals surface area contributed by atoms with Gasteiger partial charge in [0.05, 0.1) is 5.56 Å². The molecule has 1 amide bonds. The first kappa shape index (κ1) is 21.8. The van der Waals surface area contributed by atoms with Gasteiger partial charge in [-0.25, -0.2) is 30.7 Å². The average molecular weight is 444 g/mol. The van der Waals surface area contributed by atoms with Crippen LogP contribution in [0.15, 0.2) is 29.3 Å². The molecule has 1 fully saturated rings. The van der Waals surface area contributed by atoms with E-state index in [9.17, 15) is 30.8 Å². The van der Waals surface area contributed by atoms with Crippen LogP contribution >= 0.6 is 0 Å². The molecule has 0 radical (unpaired) electrons. The highest BCUT2D eigenvalue weighted by molar-refractivity contribution is 7.89. The number of hydrogen-bond acceptors (Lipinski definition) is 4. The van der Waals surface area contributed by atoms with Crippen LogP contribution in [0.3, 0.4) is 0 Å². The first-order valence-corrected chi connectivity index (χ1v) is 10.0. The van der Waals surface area contributed by atoms with Gasteiger partial charge in [0.15, 0.2) is 5.82 Å². The molecule has 1 heterocycles. The number of nitrogens with zero attached hydrogens (tertiary/aromatic N) is 2. The second-order valence-electron chi connectivity index (χ2n) is 7.40. The number of carbonyl (C=O) groups excluding carboxylic acids is 1. The minimum absolute atomic E-state index is 0.00899. The number of carbonyl (C=O) groups is 1. The number of rotatable bonds is 5. The zero-order valence-corrected chi connectivity index (χ0v) is 16.6. The van der Waals surface area contributed by atoms with Crippen LogP contribution < -0.4 is 10.0 Å². The smallest absolute Gasteiger partial charge is 0.275 e. The van der Waals surface area contributed by atoms with Crippen molar-refractivity contribution in [1.82, 2.24) is 9.29 Å². The van der Waals surface area contributed by atoms with Crippen LogP contribution in [0, 0.1) is 23.0 Å². The number of benzene rings is 1. The van der Waals surface area contributed by atoms with Crippen LogP contribution in [0.5, 0.6) is 0 Å². The molecule has 0 saturated heterocycles. The fourth-order valence-electron chi connectivity index (χ4n) is 3.44. The van der Waals surface area contributed by atoms with Crippen molar-refractivity contribution in [1.29, 1.82) is 5.26 Å². The van der Waals surface area contributed by atoms with E-state index in [0.29, 0.717) is 0 Å². The number of aryl methyl sites for hydroxylation is 1. The second-order valence-corrected chi connectivity index (χ2v) is 9.05. The first-order valence-electron chi connectivity index (χ1n) is 8.55. The van der Waals surface area contributed by atoms with Gasteiger partial charge in [-0.2, -0.15) is 5.26 Å². The van der Waals surface area contributed by atoms with Crippen LogP contribution in [0.1, 0.15) is 35.8 Å². The fraction of sp³-hybridized carbons (Fsp3) is 0.333. The van der Waals surface area contributed by atoms with Gasteiger partial charge < -0.3 is 9.88 Å². The predicted octanol–water partition coefficient (Wildman–Crippen LogP) is 2.89. The Kier molecular flexibility index (Phi) is 5.16. The Hall–Kier alpha value is -2.91. The highest BCUT2D eigenvalue weighted by atomic mass is 32.2. The molecule has 1 saturated carbocycles. The Morgan fingerprint density at radius 1 is 1.27 bits per heavy atom. The van der Waals surface area contributed by atoms with Gasteiger partial charge in [0.1, 0.15) is 22.5 Å².